The fourth-order valence-electron chi connectivity index (χ4n) is 1.86. The number of hydrogen-bond acceptors (Lipinski definition) is 3. The van der Waals surface area contributed by atoms with E-state index < -0.39 is 12.0 Å². The molecule has 2 aromatic rings. The Balaban J connectivity index is 1.95. The van der Waals surface area contributed by atoms with Crippen LogP contribution >= 0.6 is 0 Å². The molecular weight excluding hydrogens is 258 g/mol. The molecule has 0 unspecified atom stereocenters. The Bertz CT molecular complexity index is 563. The summed E-state index contributed by atoms with van der Waals surface area (Å²) in [6.07, 6.45) is 2.17. The Labute approximate surface area is 116 Å². The number of benzene rings is 1. The number of furan rings is 1. The molecule has 104 valence electrons. The van der Waals surface area contributed by atoms with Gasteiger partial charge >= 0.3 is 5.97 Å². The summed E-state index contributed by atoms with van der Waals surface area (Å²) in [4.78, 5) is 23.0. The second-order valence-corrected chi connectivity index (χ2v) is 4.33. The molecule has 0 aliphatic heterocycles. The van der Waals surface area contributed by atoms with E-state index in [1.54, 1.807) is 42.5 Å². The molecule has 1 amide bonds. The quantitative estimate of drug-likeness (QED) is 0.845. The van der Waals surface area contributed by atoms with Crippen LogP contribution in [0, 0.1) is 0 Å². The van der Waals surface area contributed by atoms with E-state index in [2.05, 4.69) is 5.32 Å². The summed E-state index contributed by atoms with van der Waals surface area (Å²) in [5.74, 6) is -0.702. The van der Waals surface area contributed by atoms with Crippen molar-refractivity contribution in [2.24, 2.45) is 0 Å². The minimum atomic E-state index is -1.08. The maximum atomic E-state index is 11.8. The second-order valence-electron chi connectivity index (χ2n) is 4.33. The minimum Gasteiger partial charge on any atom is -0.479 e. The third-order valence-corrected chi connectivity index (χ3v) is 2.86. The lowest BCUT2D eigenvalue weighted by Gasteiger charge is -2.14. The molecule has 5 nitrogen and oxygen atoms in total. The zero-order valence-electron chi connectivity index (χ0n) is 10.8. The van der Waals surface area contributed by atoms with Crippen molar-refractivity contribution in [3.8, 4) is 0 Å². The highest BCUT2D eigenvalue weighted by molar-refractivity contribution is 5.84. The van der Waals surface area contributed by atoms with E-state index in [9.17, 15) is 14.7 Å². The number of aliphatic carboxylic acids is 1. The van der Waals surface area contributed by atoms with Gasteiger partial charge in [0.2, 0.25) is 5.91 Å². The number of amides is 1. The Morgan fingerprint density at radius 1 is 1.15 bits per heavy atom. The summed E-state index contributed by atoms with van der Waals surface area (Å²) < 4.78 is 5.12. The normalized spacial score (nSPS) is 11.8. The second kappa shape index (κ2) is 6.56. The van der Waals surface area contributed by atoms with E-state index in [0.29, 0.717) is 17.7 Å². The van der Waals surface area contributed by atoms with Crippen LogP contribution in [0.4, 0.5) is 0 Å². The lowest BCUT2D eigenvalue weighted by molar-refractivity contribution is -0.142. The van der Waals surface area contributed by atoms with Gasteiger partial charge in [-0.25, -0.2) is 4.79 Å². The highest BCUT2D eigenvalue weighted by Crippen LogP contribution is 2.13. The summed E-state index contributed by atoms with van der Waals surface area (Å²) in [6, 6.07) is 11.1. The van der Waals surface area contributed by atoms with Crippen molar-refractivity contribution in [2.75, 3.05) is 0 Å². The third kappa shape index (κ3) is 3.71. The highest BCUT2D eigenvalue weighted by Gasteiger charge is 2.21. The smallest absolute Gasteiger partial charge is 0.330 e. The van der Waals surface area contributed by atoms with Crippen molar-refractivity contribution < 1.29 is 19.1 Å². The number of carbonyl (C=O) groups is 2. The number of carboxylic acid groups (broad SMARTS) is 1. The minimum absolute atomic E-state index is 0.185. The standard InChI is InChI=1S/C15H15NO4/c17-13(9-8-12-7-4-10-20-12)16-14(15(18)19)11-5-2-1-3-6-11/h1-7,10,14H,8-9H2,(H,16,17)(H,18,19)/t14-/m0/s1. The van der Waals surface area contributed by atoms with Gasteiger partial charge in [-0.1, -0.05) is 30.3 Å². The summed E-state index contributed by atoms with van der Waals surface area (Å²) in [5, 5.41) is 11.7. The average molecular weight is 273 g/mol. The number of hydrogen-bond donors (Lipinski definition) is 2. The van der Waals surface area contributed by atoms with Crippen molar-refractivity contribution in [3.05, 3.63) is 60.1 Å². The van der Waals surface area contributed by atoms with Gasteiger partial charge in [0.1, 0.15) is 5.76 Å². The Morgan fingerprint density at radius 2 is 1.90 bits per heavy atom. The first-order valence-corrected chi connectivity index (χ1v) is 6.26. The fraction of sp³-hybridized carbons (Fsp3) is 0.200. The molecule has 20 heavy (non-hydrogen) atoms. The molecule has 0 fully saturated rings. The molecule has 0 spiro atoms. The van der Waals surface area contributed by atoms with Crippen molar-refractivity contribution in [2.45, 2.75) is 18.9 Å². The molecule has 0 saturated heterocycles. The van der Waals surface area contributed by atoms with Gasteiger partial charge in [-0.15, -0.1) is 0 Å². The molecule has 2 N–H and O–H groups in total. The largest absolute Gasteiger partial charge is 0.479 e. The third-order valence-electron chi connectivity index (χ3n) is 2.86. The van der Waals surface area contributed by atoms with Crippen LogP contribution in [-0.2, 0) is 16.0 Å². The fourth-order valence-corrected chi connectivity index (χ4v) is 1.86. The van der Waals surface area contributed by atoms with Gasteiger partial charge in [0.05, 0.1) is 6.26 Å². The van der Waals surface area contributed by atoms with Crippen molar-refractivity contribution in [3.63, 3.8) is 0 Å². The molecule has 1 heterocycles. The summed E-state index contributed by atoms with van der Waals surface area (Å²) in [5.41, 5.74) is 0.548. The van der Waals surface area contributed by atoms with Gasteiger partial charge in [-0.3, -0.25) is 4.79 Å². The monoisotopic (exact) mass is 273 g/mol. The summed E-state index contributed by atoms with van der Waals surface area (Å²) >= 11 is 0. The Kier molecular flexibility index (Phi) is 4.55. The Morgan fingerprint density at radius 3 is 2.50 bits per heavy atom. The number of carboxylic acids is 1. The zero-order chi connectivity index (χ0) is 14.4. The molecular formula is C15H15NO4. The van der Waals surface area contributed by atoms with Crippen molar-refractivity contribution >= 4 is 11.9 Å². The Hall–Kier alpha value is -2.56. The van der Waals surface area contributed by atoms with Gasteiger partial charge < -0.3 is 14.8 Å². The summed E-state index contributed by atoms with van der Waals surface area (Å²) in [7, 11) is 0. The molecule has 2 rings (SSSR count). The molecule has 0 saturated carbocycles. The molecule has 5 heteroatoms. The predicted octanol–water partition coefficient (Wildman–Crippen LogP) is 2.15. The molecule has 1 atom stereocenters. The van der Waals surface area contributed by atoms with Gasteiger partial charge in [0.15, 0.2) is 6.04 Å². The first-order chi connectivity index (χ1) is 9.66. The van der Waals surface area contributed by atoms with E-state index in [1.165, 1.54) is 6.26 Å². The van der Waals surface area contributed by atoms with Crippen LogP contribution in [0.1, 0.15) is 23.8 Å². The topological polar surface area (TPSA) is 79.5 Å². The molecule has 1 aromatic heterocycles. The van der Waals surface area contributed by atoms with Crippen LogP contribution in [0.3, 0.4) is 0 Å². The van der Waals surface area contributed by atoms with Crippen LogP contribution < -0.4 is 5.32 Å². The van der Waals surface area contributed by atoms with Crippen LogP contribution in [0.5, 0.6) is 0 Å². The van der Waals surface area contributed by atoms with Crippen LogP contribution in [-0.4, -0.2) is 17.0 Å². The van der Waals surface area contributed by atoms with Crippen LogP contribution in [0.25, 0.3) is 0 Å². The SMILES string of the molecule is O=C(CCc1ccco1)N[C@H](C(=O)O)c1ccccc1. The maximum Gasteiger partial charge on any atom is 0.330 e. The zero-order valence-corrected chi connectivity index (χ0v) is 10.8. The molecule has 0 aliphatic carbocycles. The van der Waals surface area contributed by atoms with E-state index in [0.717, 1.165) is 0 Å². The van der Waals surface area contributed by atoms with Crippen LogP contribution in [0.15, 0.2) is 53.1 Å². The molecule has 0 radical (unpaired) electrons. The van der Waals surface area contributed by atoms with E-state index in [4.69, 9.17) is 4.42 Å². The average Bonchev–Trinajstić information content (AvgIpc) is 2.96. The highest BCUT2D eigenvalue weighted by atomic mass is 16.4. The van der Waals surface area contributed by atoms with Crippen molar-refractivity contribution in [1.82, 2.24) is 5.32 Å². The summed E-state index contributed by atoms with van der Waals surface area (Å²) in [6.45, 7) is 0. The van der Waals surface area contributed by atoms with Crippen LogP contribution in [0.2, 0.25) is 0 Å². The van der Waals surface area contributed by atoms with Gasteiger partial charge in [-0.2, -0.15) is 0 Å². The van der Waals surface area contributed by atoms with E-state index in [1.807, 2.05) is 0 Å². The number of carbonyl (C=O) groups excluding carboxylic acids is 1. The van der Waals surface area contributed by atoms with E-state index in [-0.39, 0.29) is 12.3 Å². The number of rotatable bonds is 6. The van der Waals surface area contributed by atoms with Crippen molar-refractivity contribution in [1.29, 1.82) is 0 Å². The first kappa shape index (κ1) is 13.9. The van der Waals surface area contributed by atoms with Gasteiger partial charge in [0.25, 0.3) is 0 Å². The maximum absolute atomic E-state index is 11.8. The molecule has 0 bridgehead atoms. The lowest BCUT2D eigenvalue weighted by atomic mass is 10.1. The van der Waals surface area contributed by atoms with E-state index >= 15 is 0 Å². The van der Waals surface area contributed by atoms with Gasteiger partial charge in [0, 0.05) is 12.8 Å². The number of nitrogens with one attached hydrogen (secondary N) is 1. The van der Waals surface area contributed by atoms with Gasteiger partial charge in [-0.05, 0) is 17.7 Å². The molecule has 0 aliphatic rings. The first-order valence-electron chi connectivity index (χ1n) is 6.26. The number of aryl methyl sites for hydroxylation is 1. The lowest BCUT2D eigenvalue weighted by Crippen LogP contribution is -2.33. The predicted molar refractivity (Wildman–Crippen MR) is 72.0 cm³/mol. The molecule has 1 aromatic carbocycles.